The highest BCUT2D eigenvalue weighted by atomic mass is 35.5. The number of hydrogen-bond acceptors (Lipinski definition) is 6. The summed E-state index contributed by atoms with van der Waals surface area (Å²) in [5.41, 5.74) is -1.57. The minimum absolute atomic E-state index is 0.0244. The van der Waals surface area contributed by atoms with E-state index in [1.807, 2.05) is 4.90 Å². The Balaban J connectivity index is 1.33. The Morgan fingerprint density at radius 3 is 2.39 bits per heavy atom. The van der Waals surface area contributed by atoms with Gasteiger partial charge in [-0.1, -0.05) is 11.6 Å². The van der Waals surface area contributed by atoms with Crippen LogP contribution in [0.25, 0.3) is 0 Å². The molecular formula is C24H29ClF2N2O4. The fourth-order valence-electron chi connectivity index (χ4n) is 4.60. The molecule has 2 fully saturated rings. The smallest absolute Gasteiger partial charge is 0.145 e. The third-order valence-electron chi connectivity index (χ3n) is 6.62. The van der Waals surface area contributed by atoms with E-state index in [2.05, 4.69) is 4.90 Å². The summed E-state index contributed by atoms with van der Waals surface area (Å²) in [5, 5.41) is 32.6. The Bertz CT molecular complexity index is 956. The molecule has 0 spiro atoms. The largest absolute Gasteiger partial charge is 0.490 e. The third-order valence-corrected chi connectivity index (χ3v) is 6.93. The van der Waals surface area contributed by atoms with Crippen molar-refractivity contribution in [3.63, 3.8) is 0 Å². The second-order valence-corrected chi connectivity index (χ2v) is 9.58. The molecule has 2 atom stereocenters. The number of benzene rings is 2. The van der Waals surface area contributed by atoms with Crippen molar-refractivity contribution in [1.29, 1.82) is 0 Å². The van der Waals surface area contributed by atoms with E-state index in [-0.39, 0.29) is 29.7 Å². The summed E-state index contributed by atoms with van der Waals surface area (Å²) in [6.07, 6.45) is 0.387. The van der Waals surface area contributed by atoms with E-state index in [0.29, 0.717) is 45.4 Å². The van der Waals surface area contributed by atoms with Crippen molar-refractivity contribution < 1.29 is 28.8 Å². The molecule has 180 valence electrons. The van der Waals surface area contributed by atoms with E-state index >= 15 is 0 Å². The molecule has 2 aromatic rings. The Hall–Kier alpha value is -1.97. The van der Waals surface area contributed by atoms with E-state index in [1.54, 1.807) is 12.1 Å². The van der Waals surface area contributed by atoms with Gasteiger partial charge in [0.25, 0.3) is 0 Å². The number of ether oxygens (including phenoxy) is 1. The maximum absolute atomic E-state index is 13.7. The van der Waals surface area contributed by atoms with Crippen LogP contribution in [0, 0.1) is 11.6 Å². The van der Waals surface area contributed by atoms with Gasteiger partial charge in [-0.25, -0.2) is 8.78 Å². The van der Waals surface area contributed by atoms with Crippen molar-refractivity contribution in [2.24, 2.45) is 0 Å². The highest BCUT2D eigenvalue weighted by Crippen LogP contribution is 2.30. The zero-order chi connectivity index (χ0) is 23.6. The molecule has 0 amide bonds. The van der Waals surface area contributed by atoms with Gasteiger partial charge in [0.05, 0.1) is 16.7 Å². The van der Waals surface area contributed by atoms with Crippen molar-refractivity contribution in [3.8, 4) is 5.75 Å². The SMILES string of the molecule is O[C@H]1CCN(CC2(O)CCN(c3ccc(F)cc3)CC2)C[C@]1(O)COc1ccc(Cl)c(F)c1. The molecule has 3 N–H and O–H groups in total. The fourth-order valence-corrected chi connectivity index (χ4v) is 4.72. The van der Waals surface area contributed by atoms with Crippen molar-refractivity contribution in [1.82, 2.24) is 4.90 Å². The minimum Gasteiger partial charge on any atom is -0.490 e. The second kappa shape index (κ2) is 9.72. The molecule has 0 bridgehead atoms. The summed E-state index contributed by atoms with van der Waals surface area (Å²) >= 11 is 5.69. The first kappa shape index (κ1) is 24.2. The number of piperidine rings is 2. The van der Waals surface area contributed by atoms with Gasteiger partial charge in [-0.15, -0.1) is 0 Å². The average Bonchev–Trinajstić information content (AvgIpc) is 2.78. The highest BCUT2D eigenvalue weighted by Gasteiger charge is 2.44. The number of anilines is 1. The quantitative estimate of drug-likeness (QED) is 0.588. The number of aliphatic hydroxyl groups is 3. The molecular weight excluding hydrogens is 454 g/mol. The number of hydrogen-bond donors (Lipinski definition) is 3. The monoisotopic (exact) mass is 482 g/mol. The number of aliphatic hydroxyl groups excluding tert-OH is 1. The fraction of sp³-hybridized carbons (Fsp3) is 0.500. The highest BCUT2D eigenvalue weighted by molar-refractivity contribution is 6.30. The second-order valence-electron chi connectivity index (χ2n) is 9.17. The first-order valence-corrected chi connectivity index (χ1v) is 11.5. The standard InChI is InChI=1S/C24H29ClF2N2O4/c25-20-6-5-19(13-21(20)27)33-16-24(32)15-28(10-7-22(24)30)14-23(31)8-11-29(12-9-23)18-3-1-17(26)2-4-18/h1-6,13,22,30-32H,7-12,14-16H2/t22-,24-/m0/s1. The van der Waals surface area contributed by atoms with Crippen LogP contribution in [0.4, 0.5) is 14.5 Å². The van der Waals surface area contributed by atoms with Gasteiger partial charge in [-0.05, 0) is 55.7 Å². The van der Waals surface area contributed by atoms with Gasteiger partial charge in [0.2, 0.25) is 0 Å². The number of β-amino-alcohol motifs (C(OH)–C–C–N with tert-alkyl or cyclic N) is 2. The van der Waals surface area contributed by atoms with Crippen LogP contribution >= 0.6 is 11.6 Å². The topological polar surface area (TPSA) is 76.4 Å². The lowest BCUT2D eigenvalue weighted by Gasteiger charge is -2.46. The zero-order valence-electron chi connectivity index (χ0n) is 18.3. The predicted molar refractivity (Wildman–Crippen MR) is 122 cm³/mol. The normalized spacial score (nSPS) is 25.8. The summed E-state index contributed by atoms with van der Waals surface area (Å²) in [4.78, 5) is 4.05. The van der Waals surface area contributed by atoms with E-state index in [1.165, 1.54) is 24.3 Å². The Labute approximate surface area is 197 Å². The number of halogens is 3. The summed E-state index contributed by atoms with van der Waals surface area (Å²) in [6.45, 7) is 2.05. The molecule has 0 saturated carbocycles. The van der Waals surface area contributed by atoms with Crippen molar-refractivity contribution >= 4 is 17.3 Å². The number of rotatable bonds is 6. The van der Waals surface area contributed by atoms with Gasteiger partial charge >= 0.3 is 0 Å². The predicted octanol–water partition coefficient (Wildman–Crippen LogP) is 2.83. The molecule has 2 aromatic carbocycles. The summed E-state index contributed by atoms with van der Waals surface area (Å²) < 4.78 is 32.4. The van der Waals surface area contributed by atoms with E-state index in [0.717, 1.165) is 11.8 Å². The van der Waals surface area contributed by atoms with Crippen LogP contribution < -0.4 is 9.64 Å². The van der Waals surface area contributed by atoms with Crippen LogP contribution in [-0.2, 0) is 0 Å². The molecule has 2 saturated heterocycles. The van der Waals surface area contributed by atoms with Crippen LogP contribution in [0.3, 0.4) is 0 Å². The molecule has 0 aromatic heterocycles. The van der Waals surface area contributed by atoms with Crippen LogP contribution in [0.15, 0.2) is 42.5 Å². The molecule has 4 rings (SSSR count). The first-order valence-electron chi connectivity index (χ1n) is 11.1. The molecule has 2 aliphatic rings. The van der Waals surface area contributed by atoms with Crippen LogP contribution in [0.2, 0.25) is 5.02 Å². The van der Waals surface area contributed by atoms with Gasteiger partial charge in [0.15, 0.2) is 0 Å². The van der Waals surface area contributed by atoms with Crippen LogP contribution in [0.5, 0.6) is 5.75 Å². The van der Waals surface area contributed by atoms with Crippen LogP contribution in [0.1, 0.15) is 19.3 Å². The zero-order valence-corrected chi connectivity index (χ0v) is 19.0. The summed E-state index contributed by atoms with van der Waals surface area (Å²) in [7, 11) is 0. The van der Waals surface area contributed by atoms with Crippen molar-refractivity contribution in [2.75, 3.05) is 44.2 Å². The average molecular weight is 483 g/mol. The molecule has 6 nitrogen and oxygen atoms in total. The van der Waals surface area contributed by atoms with Crippen molar-refractivity contribution in [2.45, 2.75) is 36.6 Å². The number of nitrogens with zero attached hydrogens (tertiary/aromatic N) is 2. The lowest BCUT2D eigenvalue weighted by molar-refractivity contribution is -0.149. The first-order chi connectivity index (χ1) is 15.7. The van der Waals surface area contributed by atoms with E-state index < -0.39 is 23.1 Å². The van der Waals surface area contributed by atoms with Gasteiger partial charge in [-0.2, -0.15) is 0 Å². The molecule has 0 unspecified atom stereocenters. The third kappa shape index (κ3) is 5.75. The maximum Gasteiger partial charge on any atom is 0.145 e. The van der Waals surface area contributed by atoms with Gasteiger partial charge in [-0.3, -0.25) is 4.90 Å². The molecule has 2 heterocycles. The van der Waals surface area contributed by atoms with E-state index in [9.17, 15) is 24.1 Å². The molecule has 2 aliphatic heterocycles. The minimum atomic E-state index is -1.56. The van der Waals surface area contributed by atoms with Crippen molar-refractivity contribution in [3.05, 3.63) is 59.1 Å². The molecule has 9 heteroatoms. The lowest BCUT2D eigenvalue weighted by atomic mass is 9.86. The van der Waals surface area contributed by atoms with Gasteiger partial charge in [0, 0.05) is 44.5 Å². The Kier molecular flexibility index (Phi) is 7.12. The Morgan fingerprint density at radius 2 is 1.73 bits per heavy atom. The Morgan fingerprint density at radius 1 is 1.03 bits per heavy atom. The van der Waals surface area contributed by atoms with Crippen LogP contribution in [-0.4, -0.2) is 76.9 Å². The lowest BCUT2D eigenvalue weighted by Crippen LogP contribution is -2.62. The van der Waals surface area contributed by atoms with Gasteiger partial charge in [0.1, 0.15) is 29.6 Å². The maximum atomic E-state index is 13.7. The summed E-state index contributed by atoms with van der Waals surface area (Å²) in [6, 6.07) is 10.3. The molecule has 0 aliphatic carbocycles. The summed E-state index contributed by atoms with van der Waals surface area (Å²) in [5.74, 6) is -0.695. The molecule has 33 heavy (non-hydrogen) atoms. The van der Waals surface area contributed by atoms with E-state index in [4.69, 9.17) is 16.3 Å². The molecule has 0 radical (unpaired) electrons. The van der Waals surface area contributed by atoms with Gasteiger partial charge < -0.3 is 25.0 Å². The number of likely N-dealkylation sites (tertiary alicyclic amines) is 1.